The van der Waals surface area contributed by atoms with Crippen molar-refractivity contribution in [2.24, 2.45) is 30.4 Å². The minimum Gasteiger partial charge on any atom is -0.744 e. The van der Waals surface area contributed by atoms with E-state index in [-0.39, 0.29) is 137 Å². The van der Waals surface area contributed by atoms with Crippen molar-refractivity contribution in [3.63, 3.8) is 0 Å². The van der Waals surface area contributed by atoms with Crippen LogP contribution in [-0.4, -0.2) is 124 Å². The van der Waals surface area contributed by atoms with Crippen LogP contribution in [0.5, 0.6) is 0 Å². The van der Waals surface area contributed by atoms with Crippen LogP contribution in [0.25, 0.3) is 0 Å². The predicted octanol–water partition coefficient (Wildman–Crippen LogP) is -3.33. The molecule has 0 fully saturated rings. The molecule has 1 aromatic rings. The number of amides is 2. The zero-order valence-electron chi connectivity index (χ0n) is 33.9. The van der Waals surface area contributed by atoms with Gasteiger partial charge in [-0.05, 0) is 108 Å². The number of aliphatic imine (C=N–C) groups is 2. The molecule has 0 bridgehead atoms. The van der Waals surface area contributed by atoms with Gasteiger partial charge in [0, 0.05) is 46.6 Å². The van der Waals surface area contributed by atoms with Gasteiger partial charge >= 0.3 is 70.5 Å². The Morgan fingerprint density at radius 1 is 0.470 bits per heavy atom. The third kappa shape index (κ3) is 11.3. The van der Waals surface area contributed by atoms with E-state index in [9.17, 15) is 45.7 Å². The van der Waals surface area contributed by atoms with Crippen LogP contribution in [0.4, 0.5) is 0 Å². The third-order valence-electron chi connectivity index (χ3n) is 9.14. The number of carbonyl (C=O) groups is 2. The first-order valence-electron chi connectivity index (χ1n) is 17.8. The summed E-state index contributed by atoms with van der Waals surface area (Å²) in [4.78, 5) is 32.1. The van der Waals surface area contributed by atoms with Gasteiger partial charge in [-0.15, -0.1) is 10.2 Å². The number of rotatable bonds is 6. The second kappa shape index (κ2) is 20.3. The van der Waals surface area contributed by atoms with Crippen molar-refractivity contribution in [1.29, 1.82) is 0 Å². The number of allylic oxidation sites excluding steroid dienone is 22. The van der Waals surface area contributed by atoms with E-state index in [4.69, 9.17) is 20.8 Å². The molecule has 0 aromatic heterocycles. The number of aliphatic hydroxyl groups excluding tert-OH is 2. The zero-order valence-corrected chi connectivity index (χ0v) is 39.5. The first-order valence-corrected chi connectivity index (χ1v) is 20.6. The second-order valence-corrected chi connectivity index (χ2v) is 16.0. The summed E-state index contributed by atoms with van der Waals surface area (Å²) in [6, 6.07) is 5.11. The van der Waals surface area contributed by atoms with Crippen LogP contribution >= 0.6 is 0 Å². The number of hydrogen-bond donors (Lipinski definition) is 6. The minimum atomic E-state index is -5.24. The molecular formula is C40H26N8Na2O14S2+2. The fourth-order valence-electron chi connectivity index (χ4n) is 6.03. The standard InChI is InChI=1S/C40H26N8O14S2.2Na/c49-37-31-15-9-27(17-23(31)19-33(63(57,58)59)35(37)45-43-25-5-11-29(12-6-25)47(53)54)41-39(51)21-1-2-22(4-3-21)40(52)42-28-10-16-32-24(18-28)20-34(64(60,61)62)36(38(32)50)46-44-26-7-13-30(14-8-26)48(55)56;;/h1-20H,(H6-2,41,42,43,44,49,50,51,52,53,54,55,56,57,58,59,60,61,62);;/q;2*+1. The maximum Gasteiger partial charge on any atom is 1.00 e. The summed E-state index contributed by atoms with van der Waals surface area (Å²) in [5.41, 5.74) is -1.09. The largest absolute Gasteiger partial charge is 1.00 e. The van der Waals surface area contributed by atoms with Crippen LogP contribution in [0.1, 0.15) is 20.7 Å². The van der Waals surface area contributed by atoms with Gasteiger partial charge in [-0.25, -0.2) is 47.6 Å². The number of aliphatic hydroxyl groups is 2. The van der Waals surface area contributed by atoms with E-state index in [0.29, 0.717) is 0 Å². The minimum absolute atomic E-state index is 0. The smallest absolute Gasteiger partial charge is 0.744 e. The number of hydrogen-bond acceptors (Lipinski definition) is 18. The number of nitrogens with zero attached hydrogens (tertiary/aromatic N) is 8. The molecule has 26 heteroatoms. The van der Waals surface area contributed by atoms with Crippen LogP contribution in [0.2, 0.25) is 0 Å². The number of carbonyl (C=O) groups excluding carboxylic acids is 2. The third-order valence-corrected chi connectivity index (χ3v) is 10.8. The van der Waals surface area contributed by atoms with Gasteiger partial charge in [-0.1, -0.05) is 0 Å². The molecule has 0 heterocycles. The summed E-state index contributed by atoms with van der Waals surface area (Å²) < 4.78 is 73.3. The van der Waals surface area contributed by atoms with Gasteiger partial charge in [-0.3, -0.25) is 9.59 Å². The van der Waals surface area contributed by atoms with Gasteiger partial charge < -0.3 is 19.3 Å². The molecule has 6 aliphatic carbocycles. The van der Waals surface area contributed by atoms with Gasteiger partial charge in [0.25, 0.3) is 11.8 Å². The second-order valence-electron chi connectivity index (χ2n) is 13.3. The van der Waals surface area contributed by atoms with Crippen molar-refractivity contribution < 1.29 is 135 Å². The Morgan fingerprint density at radius 2 is 0.788 bits per heavy atom. The average molecular weight is 953 g/mol. The van der Waals surface area contributed by atoms with Crippen LogP contribution in [-0.2, 0) is 20.2 Å². The van der Waals surface area contributed by atoms with Gasteiger partial charge in [0.1, 0.15) is 31.7 Å². The Bertz CT molecular complexity index is 3020. The molecule has 322 valence electrons. The maximum atomic E-state index is 13.1. The van der Waals surface area contributed by atoms with E-state index in [0.717, 1.165) is 12.2 Å². The number of fused-ring (bicyclic) bond motifs is 2. The molecular weight excluding hydrogens is 927 g/mol. The molecule has 0 radical (unpaired) electrons. The van der Waals surface area contributed by atoms with Crippen molar-refractivity contribution in [2.45, 2.75) is 0 Å². The van der Waals surface area contributed by atoms with Gasteiger partial charge in [0.15, 0.2) is 21.3 Å². The van der Waals surface area contributed by atoms with Crippen LogP contribution in [0.15, 0.2) is 195 Å². The molecule has 66 heavy (non-hydrogen) atoms. The van der Waals surface area contributed by atoms with E-state index >= 15 is 0 Å². The predicted molar refractivity (Wildman–Crippen MR) is 223 cm³/mol. The summed E-state index contributed by atoms with van der Waals surface area (Å²) in [7, 11) is -10.5. The summed E-state index contributed by atoms with van der Waals surface area (Å²) in [5, 5.41) is 73.5. The van der Waals surface area contributed by atoms with Crippen molar-refractivity contribution in [3.05, 3.63) is 176 Å². The Kier molecular flexibility index (Phi) is 15.5. The zero-order chi connectivity index (χ0) is 46.1. The Morgan fingerprint density at radius 3 is 1.09 bits per heavy atom. The van der Waals surface area contributed by atoms with Crippen LogP contribution in [0, 0.1) is 0 Å². The molecule has 0 atom stereocenters. The fraction of sp³-hybridized carbons (Fsp3) is 0. The van der Waals surface area contributed by atoms with E-state index in [1.807, 2.05) is 0 Å². The topological polar surface area (TPSA) is 350 Å². The maximum absolute atomic E-state index is 13.1. The SMILES string of the molecule is O=C(N=C1C=CC2=C(O)C(=NN=C3C=CC(=[N+](O)O)C=C3)C(S(=O)(=O)[O-])=CC2=C1)c1ccc(C(=O)N=C2C=CC3=C(O)C(=NN=C4C=CC(=[N+](O)O)C=C4)C(S(=O)(=O)[O-])=CC3=C2)cc1.[Na+].[Na+]. The number of benzene rings is 1. The monoisotopic (exact) mass is 952 g/mol. The van der Waals surface area contributed by atoms with Gasteiger partial charge in [-0.2, -0.15) is 10.2 Å². The summed E-state index contributed by atoms with van der Waals surface area (Å²) >= 11 is 0. The molecule has 0 aliphatic heterocycles. The van der Waals surface area contributed by atoms with Gasteiger partial charge in [0.2, 0.25) is 0 Å². The molecule has 7 rings (SSSR count). The fourth-order valence-corrected chi connectivity index (χ4v) is 7.32. The van der Waals surface area contributed by atoms with E-state index in [2.05, 4.69) is 30.4 Å². The van der Waals surface area contributed by atoms with Crippen molar-refractivity contribution in [3.8, 4) is 0 Å². The molecule has 2 amide bonds. The summed E-state index contributed by atoms with van der Waals surface area (Å²) in [6.45, 7) is 0. The van der Waals surface area contributed by atoms with Crippen molar-refractivity contribution >= 4 is 77.7 Å². The molecule has 6 aliphatic rings. The average Bonchev–Trinajstić information content (AvgIpc) is 3.25. The Labute approximate surface area is 416 Å². The molecule has 22 nitrogen and oxygen atoms in total. The first-order chi connectivity index (χ1) is 30.3. The molecule has 0 saturated heterocycles. The van der Waals surface area contributed by atoms with Crippen LogP contribution < -0.4 is 59.1 Å². The molecule has 0 unspecified atom stereocenters. The Hall–Kier alpha value is -6.58. The Balaban J connectivity index is 0.00000408. The molecule has 6 N–H and O–H groups in total. The van der Waals surface area contributed by atoms with Gasteiger partial charge in [0.05, 0.1) is 32.7 Å². The normalized spacial score (nSPS) is 20.0. The molecule has 0 spiro atoms. The van der Waals surface area contributed by atoms with Crippen LogP contribution in [0.3, 0.4) is 0 Å². The molecule has 1 aromatic carbocycles. The quantitative estimate of drug-likeness (QED) is 0.0535. The van der Waals surface area contributed by atoms with E-state index in [1.54, 1.807) is 0 Å². The first kappa shape index (κ1) is 50.4. The summed E-state index contributed by atoms with van der Waals surface area (Å²) in [5.74, 6) is -3.03. The summed E-state index contributed by atoms with van der Waals surface area (Å²) in [6.07, 6.45) is 19.8. The van der Waals surface area contributed by atoms with Crippen molar-refractivity contribution in [2.75, 3.05) is 0 Å². The van der Waals surface area contributed by atoms with Crippen molar-refractivity contribution in [1.82, 2.24) is 0 Å². The molecule has 0 saturated carbocycles. The van der Waals surface area contributed by atoms with E-state index in [1.165, 1.54) is 109 Å². The van der Waals surface area contributed by atoms with E-state index < -0.39 is 64.8 Å².